The van der Waals surface area contributed by atoms with Gasteiger partial charge < -0.3 is 10.1 Å². The number of methoxy groups -OCH3 is 1. The quantitative estimate of drug-likeness (QED) is 0.459. The highest BCUT2D eigenvalue weighted by molar-refractivity contribution is 7.99. The Labute approximate surface area is 178 Å². The summed E-state index contributed by atoms with van der Waals surface area (Å²) in [6.45, 7) is 1.99. The lowest BCUT2D eigenvalue weighted by Crippen LogP contribution is -2.28. The molecule has 0 aliphatic carbocycles. The van der Waals surface area contributed by atoms with Crippen molar-refractivity contribution in [2.75, 3.05) is 12.9 Å². The summed E-state index contributed by atoms with van der Waals surface area (Å²) in [6.07, 6.45) is 0. The van der Waals surface area contributed by atoms with E-state index in [4.69, 9.17) is 4.74 Å². The van der Waals surface area contributed by atoms with Crippen LogP contribution >= 0.6 is 11.8 Å². The van der Waals surface area contributed by atoms with Crippen molar-refractivity contribution >= 4 is 28.4 Å². The molecule has 0 bridgehead atoms. The van der Waals surface area contributed by atoms with Crippen LogP contribution in [0.15, 0.2) is 71.9 Å². The Bertz CT molecular complexity index is 1170. The second-order valence-corrected chi connectivity index (χ2v) is 7.63. The molecule has 152 valence electrons. The first kappa shape index (κ1) is 19.9. The van der Waals surface area contributed by atoms with Gasteiger partial charge in [0, 0.05) is 0 Å². The normalized spacial score (nSPS) is 11.9. The van der Waals surface area contributed by atoms with Crippen LogP contribution < -0.4 is 10.1 Å². The smallest absolute Gasteiger partial charge is 0.230 e. The molecule has 0 saturated heterocycles. The van der Waals surface area contributed by atoms with E-state index in [0.717, 1.165) is 22.0 Å². The average molecular weight is 420 g/mol. The van der Waals surface area contributed by atoms with Gasteiger partial charge in [-0.25, -0.2) is 0 Å². The van der Waals surface area contributed by atoms with Gasteiger partial charge in [0.2, 0.25) is 11.1 Å². The topological polar surface area (TPSA) is 81.9 Å². The molecule has 0 saturated carbocycles. The van der Waals surface area contributed by atoms with E-state index in [-0.39, 0.29) is 17.7 Å². The highest BCUT2D eigenvalue weighted by atomic mass is 32.2. The Hall–Kier alpha value is -3.39. The van der Waals surface area contributed by atoms with Crippen LogP contribution in [0, 0.1) is 0 Å². The van der Waals surface area contributed by atoms with Gasteiger partial charge in [-0.15, -0.1) is 5.10 Å². The molecule has 1 N–H and O–H groups in total. The van der Waals surface area contributed by atoms with Crippen molar-refractivity contribution in [3.63, 3.8) is 0 Å². The third-order valence-corrected chi connectivity index (χ3v) is 5.67. The number of nitrogens with zero attached hydrogens (tertiary/aromatic N) is 4. The summed E-state index contributed by atoms with van der Waals surface area (Å²) < 4.78 is 6.96. The number of carbonyl (C=O) groups excluding carboxylic acids is 1. The van der Waals surface area contributed by atoms with Crippen LogP contribution in [-0.4, -0.2) is 39.0 Å². The molecule has 3 aromatic carbocycles. The fourth-order valence-corrected chi connectivity index (χ4v) is 4.04. The zero-order valence-electron chi connectivity index (χ0n) is 16.6. The molecule has 1 atom stereocenters. The third-order valence-electron chi connectivity index (χ3n) is 4.75. The van der Waals surface area contributed by atoms with Gasteiger partial charge in [-0.2, -0.15) is 4.68 Å². The molecule has 0 fully saturated rings. The van der Waals surface area contributed by atoms with Gasteiger partial charge in [-0.3, -0.25) is 4.79 Å². The standard InChI is InChI=1S/C22H21N5O2S/c1-15(17-11-7-9-16-8-3-4-10-18(16)17)23-21(28)14-30-22-24-25-26-27(22)19-12-5-6-13-20(19)29-2/h3-13,15H,14H2,1-2H3,(H,23,28). The van der Waals surface area contributed by atoms with Crippen molar-refractivity contribution in [3.05, 3.63) is 72.3 Å². The number of para-hydroxylation sites is 2. The van der Waals surface area contributed by atoms with Gasteiger partial charge in [0.1, 0.15) is 11.4 Å². The Balaban J connectivity index is 1.44. The molecule has 1 heterocycles. The number of ether oxygens (including phenoxy) is 1. The molecule has 1 amide bonds. The summed E-state index contributed by atoms with van der Waals surface area (Å²) in [6, 6.07) is 21.6. The third kappa shape index (κ3) is 4.13. The number of amides is 1. The minimum absolute atomic E-state index is 0.0880. The average Bonchev–Trinajstić information content (AvgIpc) is 3.25. The maximum Gasteiger partial charge on any atom is 0.230 e. The van der Waals surface area contributed by atoms with Crippen LogP contribution in [0.4, 0.5) is 0 Å². The molecular formula is C22H21N5O2S. The van der Waals surface area contributed by atoms with E-state index in [0.29, 0.717) is 10.9 Å². The maximum atomic E-state index is 12.6. The van der Waals surface area contributed by atoms with E-state index in [2.05, 4.69) is 39.0 Å². The van der Waals surface area contributed by atoms with Gasteiger partial charge >= 0.3 is 0 Å². The molecule has 0 aliphatic rings. The van der Waals surface area contributed by atoms with Crippen molar-refractivity contribution in [2.24, 2.45) is 0 Å². The number of nitrogens with one attached hydrogen (secondary N) is 1. The fraction of sp³-hybridized carbons (Fsp3) is 0.182. The van der Waals surface area contributed by atoms with Crippen LogP contribution in [0.25, 0.3) is 16.5 Å². The first-order valence-electron chi connectivity index (χ1n) is 9.49. The Morgan fingerprint density at radius 1 is 1.10 bits per heavy atom. The van der Waals surface area contributed by atoms with Gasteiger partial charge in [0.15, 0.2) is 0 Å². The number of rotatable bonds is 7. The number of thioether (sulfide) groups is 1. The number of aromatic nitrogens is 4. The molecule has 8 heteroatoms. The highest BCUT2D eigenvalue weighted by Crippen LogP contribution is 2.26. The molecular weight excluding hydrogens is 398 g/mol. The minimum Gasteiger partial charge on any atom is -0.494 e. The number of hydrogen-bond donors (Lipinski definition) is 1. The predicted molar refractivity (Wildman–Crippen MR) is 117 cm³/mol. The summed E-state index contributed by atoms with van der Waals surface area (Å²) in [7, 11) is 1.60. The molecule has 1 aromatic heterocycles. The van der Waals surface area contributed by atoms with Crippen LogP contribution in [0.5, 0.6) is 5.75 Å². The maximum absolute atomic E-state index is 12.6. The number of fused-ring (bicyclic) bond motifs is 1. The zero-order chi connectivity index (χ0) is 20.9. The fourth-order valence-electron chi connectivity index (χ4n) is 3.34. The molecule has 4 aromatic rings. The van der Waals surface area contributed by atoms with Crippen LogP contribution in [0.3, 0.4) is 0 Å². The Kier molecular flexibility index (Phi) is 5.94. The molecule has 7 nitrogen and oxygen atoms in total. The van der Waals surface area contributed by atoms with Gasteiger partial charge in [-0.05, 0) is 45.8 Å². The van der Waals surface area contributed by atoms with E-state index >= 15 is 0 Å². The Morgan fingerprint density at radius 2 is 1.87 bits per heavy atom. The molecule has 1 unspecified atom stereocenters. The van der Waals surface area contributed by atoms with Gasteiger partial charge in [-0.1, -0.05) is 66.4 Å². The van der Waals surface area contributed by atoms with Crippen molar-refractivity contribution in [1.29, 1.82) is 0 Å². The summed E-state index contributed by atoms with van der Waals surface area (Å²) in [5.74, 6) is 0.764. The molecule has 0 spiro atoms. The molecule has 30 heavy (non-hydrogen) atoms. The monoisotopic (exact) mass is 419 g/mol. The number of hydrogen-bond acceptors (Lipinski definition) is 6. The van der Waals surface area contributed by atoms with E-state index in [1.54, 1.807) is 11.8 Å². The van der Waals surface area contributed by atoms with Gasteiger partial charge in [0.25, 0.3) is 0 Å². The van der Waals surface area contributed by atoms with Gasteiger partial charge in [0.05, 0.1) is 18.9 Å². The van der Waals surface area contributed by atoms with Crippen LogP contribution in [-0.2, 0) is 4.79 Å². The number of benzene rings is 3. The van der Waals surface area contributed by atoms with Crippen molar-refractivity contribution in [2.45, 2.75) is 18.1 Å². The SMILES string of the molecule is COc1ccccc1-n1nnnc1SCC(=O)NC(C)c1cccc2ccccc12. The first-order chi connectivity index (χ1) is 14.7. The van der Waals surface area contributed by atoms with Crippen molar-refractivity contribution in [3.8, 4) is 11.4 Å². The number of tetrazole rings is 1. The second kappa shape index (κ2) is 8.96. The van der Waals surface area contributed by atoms with Crippen molar-refractivity contribution in [1.82, 2.24) is 25.5 Å². The van der Waals surface area contributed by atoms with E-state index in [9.17, 15) is 4.79 Å². The lowest BCUT2D eigenvalue weighted by atomic mass is 10.00. The molecule has 0 radical (unpaired) electrons. The van der Waals surface area contributed by atoms with Crippen LogP contribution in [0.2, 0.25) is 0 Å². The lowest BCUT2D eigenvalue weighted by molar-refractivity contribution is -0.119. The Morgan fingerprint density at radius 3 is 2.73 bits per heavy atom. The summed E-state index contributed by atoms with van der Waals surface area (Å²) in [5, 5.41) is 17.7. The molecule has 0 aliphatic heterocycles. The van der Waals surface area contributed by atoms with E-state index in [1.165, 1.54) is 11.8 Å². The van der Waals surface area contributed by atoms with E-state index < -0.39 is 0 Å². The summed E-state index contributed by atoms with van der Waals surface area (Å²) in [4.78, 5) is 12.6. The second-order valence-electron chi connectivity index (χ2n) is 6.69. The van der Waals surface area contributed by atoms with E-state index in [1.807, 2.05) is 55.5 Å². The minimum atomic E-state index is -0.116. The predicted octanol–water partition coefficient (Wildman–Crippen LogP) is 3.79. The summed E-state index contributed by atoms with van der Waals surface area (Å²) >= 11 is 1.28. The highest BCUT2D eigenvalue weighted by Gasteiger charge is 2.16. The van der Waals surface area contributed by atoms with Crippen molar-refractivity contribution < 1.29 is 9.53 Å². The number of carbonyl (C=O) groups is 1. The first-order valence-corrected chi connectivity index (χ1v) is 10.5. The lowest BCUT2D eigenvalue weighted by Gasteiger charge is -2.16. The zero-order valence-corrected chi connectivity index (χ0v) is 17.5. The van der Waals surface area contributed by atoms with Crippen LogP contribution in [0.1, 0.15) is 18.5 Å². The summed E-state index contributed by atoms with van der Waals surface area (Å²) in [5.41, 5.74) is 1.81. The molecule has 4 rings (SSSR count). The largest absolute Gasteiger partial charge is 0.494 e.